The number of hydrogen-bond acceptors (Lipinski definition) is 3. The summed E-state index contributed by atoms with van der Waals surface area (Å²) in [5.74, 6) is 0.165. The second-order valence-corrected chi connectivity index (χ2v) is 5.45. The molecule has 0 radical (unpaired) electrons. The van der Waals surface area contributed by atoms with Gasteiger partial charge in [-0.3, -0.25) is 10.2 Å². The fraction of sp³-hybridized carbons (Fsp3) is 0.643. The summed E-state index contributed by atoms with van der Waals surface area (Å²) in [6.45, 7) is 5.67. The van der Waals surface area contributed by atoms with Gasteiger partial charge in [-0.25, -0.2) is 4.99 Å². The molecule has 1 rings (SSSR count). The Labute approximate surface area is 115 Å². The maximum Gasteiger partial charge on any atom is 0.240 e. The van der Waals surface area contributed by atoms with E-state index < -0.39 is 0 Å². The number of nitrogens with one attached hydrogen (secondary N) is 2. The summed E-state index contributed by atoms with van der Waals surface area (Å²) in [7, 11) is 1.85. The molecule has 106 valence electrons. The van der Waals surface area contributed by atoms with Gasteiger partial charge in [0.15, 0.2) is 0 Å². The van der Waals surface area contributed by atoms with Crippen LogP contribution in [0.5, 0.6) is 0 Å². The maximum atomic E-state index is 12.5. The lowest BCUT2D eigenvalue weighted by Gasteiger charge is -2.32. The number of carbonyl (C=O) groups excluding carboxylic acids is 1. The highest BCUT2D eigenvalue weighted by Gasteiger charge is 2.38. The van der Waals surface area contributed by atoms with E-state index in [0.29, 0.717) is 6.54 Å². The average Bonchev–Trinajstić information content (AvgIpc) is 2.46. The van der Waals surface area contributed by atoms with Gasteiger partial charge in [0.25, 0.3) is 0 Å². The van der Waals surface area contributed by atoms with E-state index in [1.807, 2.05) is 18.0 Å². The van der Waals surface area contributed by atoms with Crippen LogP contribution in [0.1, 0.15) is 26.7 Å². The van der Waals surface area contributed by atoms with Gasteiger partial charge in [0.2, 0.25) is 5.91 Å². The zero-order valence-corrected chi connectivity index (χ0v) is 12.0. The quantitative estimate of drug-likeness (QED) is 0.583. The summed E-state index contributed by atoms with van der Waals surface area (Å²) in [4.78, 5) is 18.0. The van der Waals surface area contributed by atoms with E-state index in [-0.39, 0.29) is 17.4 Å². The first-order chi connectivity index (χ1) is 9.03. The molecule has 0 spiro atoms. The van der Waals surface area contributed by atoms with Gasteiger partial charge in [-0.15, -0.1) is 0 Å². The van der Waals surface area contributed by atoms with E-state index in [4.69, 9.17) is 5.41 Å². The van der Waals surface area contributed by atoms with Crippen molar-refractivity contribution in [1.29, 1.82) is 5.41 Å². The van der Waals surface area contributed by atoms with Crippen molar-refractivity contribution in [2.24, 2.45) is 10.4 Å². The number of hydrogen-bond donors (Lipinski definition) is 2. The molecule has 0 aliphatic carbocycles. The molecule has 19 heavy (non-hydrogen) atoms. The molecule has 1 atom stereocenters. The molecular weight excluding hydrogens is 240 g/mol. The molecule has 1 fully saturated rings. The number of aliphatic imine (C=N–C) groups is 1. The van der Waals surface area contributed by atoms with E-state index in [1.165, 1.54) is 0 Å². The molecular formula is C14H24N4O. The Morgan fingerprint density at radius 1 is 1.58 bits per heavy atom. The molecule has 5 heteroatoms. The van der Waals surface area contributed by atoms with Gasteiger partial charge in [0.1, 0.15) is 6.34 Å². The Kier molecular flexibility index (Phi) is 5.89. The van der Waals surface area contributed by atoms with E-state index >= 15 is 0 Å². The highest BCUT2D eigenvalue weighted by Crippen LogP contribution is 2.30. The van der Waals surface area contributed by atoms with Crippen LogP contribution in [0.4, 0.5) is 0 Å². The predicted octanol–water partition coefficient (Wildman–Crippen LogP) is 1.46. The monoisotopic (exact) mass is 264 g/mol. The van der Waals surface area contributed by atoms with E-state index in [9.17, 15) is 4.79 Å². The third-order valence-electron chi connectivity index (χ3n) is 3.59. The van der Waals surface area contributed by atoms with Crippen LogP contribution in [0.25, 0.3) is 0 Å². The molecule has 0 saturated carbocycles. The van der Waals surface area contributed by atoms with Crippen molar-refractivity contribution >= 4 is 18.5 Å². The number of rotatable bonds is 5. The lowest BCUT2D eigenvalue weighted by atomic mass is 9.80. The van der Waals surface area contributed by atoms with Crippen molar-refractivity contribution < 1.29 is 4.79 Å². The van der Waals surface area contributed by atoms with E-state index in [1.54, 1.807) is 12.3 Å². The minimum atomic E-state index is -0.126. The zero-order valence-electron chi connectivity index (χ0n) is 12.0. The van der Waals surface area contributed by atoms with Crippen LogP contribution in [0.3, 0.4) is 0 Å². The molecule has 1 heterocycles. The maximum absolute atomic E-state index is 12.5. The summed E-state index contributed by atoms with van der Waals surface area (Å²) in [5, 5.41) is 9.91. The van der Waals surface area contributed by atoms with Crippen molar-refractivity contribution in [3.63, 3.8) is 0 Å². The first-order valence-corrected chi connectivity index (χ1v) is 6.66. The van der Waals surface area contributed by atoms with Gasteiger partial charge in [-0.05, 0) is 31.4 Å². The molecule has 1 amide bonds. The van der Waals surface area contributed by atoms with Gasteiger partial charge < -0.3 is 10.2 Å². The number of allylic oxidation sites excluding steroid dienone is 1. The Bertz CT molecular complexity index is 374. The summed E-state index contributed by atoms with van der Waals surface area (Å²) in [6.07, 6.45) is 8.27. The second-order valence-electron chi connectivity index (χ2n) is 5.45. The fourth-order valence-corrected chi connectivity index (χ4v) is 2.53. The third kappa shape index (κ3) is 4.28. The third-order valence-corrected chi connectivity index (χ3v) is 3.59. The number of likely N-dealkylation sites (N-methyl/N-ethyl adjacent to an activating group) is 1. The van der Waals surface area contributed by atoms with E-state index in [2.05, 4.69) is 24.2 Å². The number of amides is 1. The molecule has 1 unspecified atom stereocenters. The van der Waals surface area contributed by atoms with Crippen molar-refractivity contribution in [1.82, 2.24) is 10.2 Å². The normalized spacial score (nSPS) is 24.1. The topological polar surface area (TPSA) is 68.6 Å². The Hall–Kier alpha value is -1.49. The van der Waals surface area contributed by atoms with Gasteiger partial charge in [-0.2, -0.15) is 0 Å². The van der Waals surface area contributed by atoms with Crippen LogP contribution in [0.15, 0.2) is 17.1 Å². The molecule has 5 nitrogen and oxygen atoms in total. The molecule has 0 aromatic rings. The first kappa shape index (κ1) is 15.6. The number of likely N-dealkylation sites (tertiary alicyclic amines) is 1. The minimum Gasteiger partial charge on any atom is -0.338 e. The molecule has 0 aromatic carbocycles. The van der Waals surface area contributed by atoms with Crippen LogP contribution in [-0.4, -0.2) is 49.5 Å². The first-order valence-electron chi connectivity index (χ1n) is 6.66. The summed E-state index contributed by atoms with van der Waals surface area (Å²) < 4.78 is 0. The summed E-state index contributed by atoms with van der Waals surface area (Å²) in [5.41, 5.74) is -0.00800. The highest BCUT2D eigenvalue weighted by molar-refractivity contribution is 5.83. The Balaban J connectivity index is 2.69. The Morgan fingerprint density at radius 2 is 2.32 bits per heavy atom. The van der Waals surface area contributed by atoms with E-state index in [0.717, 1.165) is 25.7 Å². The van der Waals surface area contributed by atoms with Crippen molar-refractivity contribution in [3.8, 4) is 0 Å². The zero-order chi connectivity index (χ0) is 14.3. The number of nitrogens with zero attached hydrogens (tertiary/aromatic N) is 2. The minimum absolute atomic E-state index is 0.00800. The van der Waals surface area contributed by atoms with Crippen LogP contribution >= 0.6 is 0 Å². The van der Waals surface area contributed by atoms with Crippen molar-refractivity contribution in [2.75, 3.05) is 20.1 Å². The SMILES string of the molecule is CNC1C(=O)N(C/C=C/C=NC=N)CCCC1(C)C. The van der Waals surface area contributed by atoms with Gasteiger partial charge >= 0.3 is 0 Å². The predicted molar refractivity (Wildman–Crippen MR) is 78.9 cm³/mol. The summed E-state index contributed by atoms with van der Waals surface area (Å²) >= 11 is 0. The highest BCUT2D eigenvalue weighted by atomic mass is 16.2. The average molecular weight is 264 g/mol. The lowest BCUT2D eigenvalue weighted by Crippen LogP contribution is -2.50. The number of carbonyl (C=O) groups is 1. The van der Waals surface area contributed by atoms with Crippen LogP contribution in [-0.2, 0) is 4.79 Å². The summed E-state index contributed by atoms with van der Waals surface area (Å²) in [6, 6.07) is -0.126. The standard InChI is InChI=1S/C14H24N4O/c1-14(2)7-6-10-18(13(19)12(14)16-3)9-5-4-8-17-11-15/h4-5,8,11-12,15-16H,6-7,9-10H2,1-3H3/b5-4+,15-11?,17-8?. The van der Waals surface area contributed by atoms with Crippen molar-refractivity contribution in [3.05, 3.63) is 12.2 Å². The van der Waals surface area contributed by atoms with Gasteiger partial charge in [0, 0.05) is 19.3 Å². The smallest absolute Gasteiger partial charge is 0.240 e. The Morgan fingerprint density at radius 3 is 2.95 bits per heavy atom. The largest absolute Gasteiger partial charge is 0.338 e. The van der Waals surface area contributed by atoms with Crippen LogP contribution < -0.4 is 5.32 Å². The van der Waals surface area contributed by atoms with Gasteiger partial charge in [0.05, 0.1) is 6.04 Å². The van der Waals surface area contributed by atoms with Gasteiger partial charge in [-0.1, -0.05) is 19.9 Å². The molecule has 1 aliphatic rings. The molecule has 1 saturated heterocycles. The van der Waals surface area contributed by atoms with Crippen LogP contribution in [0.2, 0.25) is 0 Å². The molecule has 1 aliphatic heterocycles. The fourth-order valence-electron chi connectivity index (χ4n) is 2.53. The molecule has 0 aromatic heterocycles. The van der Waals surface area contributed by atoms with Crippen LogP contribution in [0, 0.1) is 10.8 Å². The molecule has 2 N–H and O–H groups in total. The van der Waals surface area contributed by atoms with Crippen molar-refractivity contribution in [2.45, 2.75) is 32.7 Å². The second kappa shape index (κ2) is 7.19. The molecule has 0 bridgehead atoms. The lowest BCUT2D eigenvalue weighted by molar-refractivity contribution is -0.134.